The van der Waals surface area contributed by atoms with Crippen molar-refractivity contribution >= 4 is 15.9 Å². The lowest BCUT2D eigenvalue weighted by Gasteiger charge is -2.18. The van der Waals surface area contributed by atoms with Gasteiger partial charge in [0, 0.05) is 10.9 Å². The average Bonchev–Trinajstić information content (AvgIpc) is 2.17. The standard InChI is InChI=1S/C12H15BrF2/c1-3-4-11(13)8(2)10-6-5-9(14)7-12(10)15/h5-8,11H,3-4H2,1-2H3. The van der Waals surface area contributed by atoms with Crippen LogP contribution in [0.25, 0.3) is 0 Å². The van der Waals surface area contributed by atoms with Crippen LogP contribution in [-0.4, -0.2) is 4.83 Å². The van der Waals surface area contributed by atoms with Crippen molar-refractivity contribution in [3.63, 3.8) is 0 Å². The highest BCUT2D eigenvalue weighted by Crippen LogP contribution is 2.29. The summed E-state index contributed by atoms with van der Waals surface area (Å²) in [6.07, 6.45) is 2.03. The van der Waals surface area contributed by atoms with Gasteiger partial charge in [0.15, 0.2) is 0 Å². The molecule has 84 valence electrons. The fourth-order valence-corrected chi connectivity index (χ4v) is 2.33. The highest BCUT2D eigenvalue weighted by molar-refractivity contribution is 9.09. The Balaban J connectivity index is 2.86. The van der Waals surface area contributed by atoms with Gasteiger partial charge in [0.05, 0.1) is 0 Å². The largest absolute Gasteiger partial charge is 0.207 e. The number of alkyl halides is 1. The molecule has 0 saturated heterocycles. The van der Waals surface area contributed by atoms with Crippen molar-refractivity contribution in [3.8, 4) is 0 Å². The zero-order chi connectivity index (χ0) is 11.4. The number of hydrogen-bond acceptors (Lipinski definition) is 0. The van der Waals surface area contributed by atoms with Crippen LogP contribution in [0.4, 0.5) is 8.78 Å². The first-order chi connectivity index (χ1) is 7.06. The lowest BCUT2D eigenvalue weighted by atomic mass is 9.95. The minimum absolute atomic E-state index is 0.0607. The normalized spacial score (nSPS) is 15.0. The second kappa shape index (κ2) is 5.59. The van der Waals surface area contributed by atoms with Gasteiger partial charge in [0.25, 0.3) is 0 Å². The molecule has 1 rings (SSSR count). The maximum atomic E-state index is 13.4. The van der Waals surface area contributed by atoms with Crippen LogP contribution in [0.15, 0.2) is 18.2 Å². The van der Waals surface area contributed by atoms with Gasteiger partial charge in [0.1, 0.15) is 11.6 Å². The molecule has 1 aromatic rings. The van der Waals surface area contributed by atoms with Gasteiger partial charge in [-0.2, -0.15) is 0 Å². The van der Waals surface area contributed by atoms with Crippen LogP contribution in [0.2, 0.25) is 0 Å². The molecule has 0 nitrogen and oxygen atoms in total. The van der Waals surface area contributed by atoms with Crippen molar-refractivity contribution in [2.75, 3.05) is 0 Å². The Labute approximate surface area is 97.8 Å². The average molecular weight is 277 g/mol. The van der Waals surface area contributed by atoms with Crippen molar-refractivity contribution < 1.29 is 8.78 Å². The first kappa shape index (κ1) is 12.6. The Kier molecular flexibility index (Phi) is 4.71. The first-order valence-electron chi connectivity index (χ1n) is 5.15. The fraction of sp³-hybridized carbons (Fsp3) is 0.500. The van der Waals surface area contributed by atoms with Crippen molar-refractivity contribution in [3.05, 3.63) is 35.4 Å². The van der Waals surface area contributed by atoms with E-state index >= 15 is 0 Å². The van der Waals surface area contributed by atoms with Gasteiger partial charge in [-0.15, -0.1) is 0 Å². The summed E-state index contributed by atoms with van der Waals surface area (Å²) in [6.45, 7) is 4.04. The van der Waals surface area contributed by atoms with Gasteiger partial charge in [-0.1, -0.05) is 42.3 Å². The summed E-state index contributed by atoms with van der Waals surface area (Å²) in [5.41, 5.74) is 0.576. The van der Waals surface area contributed by atoms with E-state index in [4.69, 9.17) is 0 Å². The van der Waals surface area contributed by atoms with Crippen LogP contribution < -0.4 is 0 Å². The number of halogens is 3. The smallest absolute Gasteiger partial charge is 0.129 e. The molecule has 2 atom stereocenters. The van der Waals surface area contributed by atoms with Gasteiger partial charge in [-0.05, 0) is 24.0 Å². The predicted molar refractivity (Wildman–Crippen MR) is 62.4 cm³/mol. The molecule has 0 bridgehead atoms. The van der Waals surface area contributed by atoms with Crippen LogP contribution in [0.1, 0.15) is 38.2 Å². The van der Waals surface area contributed by atoms with Crippen LogP contribution >= 0.6 is 15.9 Å². The Bertz CT molecular complexity index is 325. The summed E-state index contributed by atoms with van der Waals surface area (Å²) >= 11 is 3.53. The van der Waals surface area contributed by atoms with Gasteiger partial charge >= 0.3 is 0 Å². The van der Waals surface area contributed by atoms with Crippen molar-refractivity contribution in [1.82, 2.24) is 0 Å². The van der Waals surface area contributed by atoms with E-state index in [0.717, 1.165) is 18.9 Å². The summed E-state index contributed by atoms with van der Waals surface area (Å²) in [6, 6.07) is 3.78. The van der Waals surface area contributed by atoms with E-state index in [9.17, 15) is 8.78 Å². The summed E-state index contributed by atoms with van der Waals surface area (Å²) in [4.78, 5) is 0.238. The van der Waals surface area contributed by atoms with E-state index in [-0.39, 0.29) is 10.7 Å². The second-order valence-corrected chi connectivity index (χ2v) is 4.94. The van der Waals surface area contributed by atoms with Crippen molar-refractivity contribution in [2.45, 2.75) is 37.4 Å². The molecule has 0 radical (unpaired) electrons. The molecule has 3 heteroatoms. The van der Waals surface area contributed by atoms with E-state index in [1.165, 1.54) is 12.1 Å². The molecule has 2 unspecified atom stereocenters. The van der Waals surface area contributed by atoms with Gasteiger partial charge in [-0.3, -0.25) is 0 Å². The Morgan fingerprint density at radius 2 is 2.00 bits per heavy atom. The third-order valence-corrected chi connectivity index (χ3v) is 3.81. The van der Waals surface area contributed by atoms with Crippen LogP contribution in [0.5, 0.6) is 0 Å². The predicted octanol–water partition coefficient (Wildman–Crippen LogP) is 4.63. The number of hydrogen-bond donors (Lipinski definition) is 0. The van der Waals surface area contributed by atoms with E-state index in [1.54, 1.807) is 0 Å². The minimum atomic E-state index is -0.523. The van der Waals surface area contributed by atoms with Gasteiger partial charge < -0.3 is 0 Å². The maximum Gasteiger partial charge on any atom is 0.129 e. The fourth-order valence-electron chi connectivity index (χ4n) is 1.59. The summed E-state index contributed by atoms with van der Waals surface area (Å²) in [5, 5.41) is 0. The number of rotatable bonds is 4. The quantitative estimate of drug-likeness (QED) is 0.704. The van der Waals surface area contributed by atoms with Crippen molar-refractivity contribution in [2.24, 2.45) is 0 Å². The molecule has 0 fully saturated rings. The van der Waals surface area contributed by atoms with Gasteiger partial charge in [-0.25, -0.2) is 8.78 Å². The molecule has 0 spiro atoms. The maximum absolute atomic E-state index is 13.4. The molecular formula is C12H15BrF2. The molecule has 0 heterocycles. The summed E-state index contributed by atoms with van der Waals surface area (Å²) < 4.78 is 26.1. The van der Waals surface area contributed by atoms with E-state index < -0.39 is 11.6 Å². The monoisotopic (exact) mass is 276 g/mol. The molecular weight excluding hydrogens is 262 g/mol. The van der Waals surface area contributed by atoms with Crippen LogP contribution in [-0.2, 0) is 0 Å². The third-order valence-electron chi connectivity index (χ3n) is 2.56. The number of benzene rings is 1. The van der Waals surface area contributed by atoms with Crippen molar-refractivity contribution in [1.29, 1.82) is 0 Å². The zero-order valence-electron chi connectivity index (χ0n) is 8.93. The molecule has 0 aliphatic carbocycles. The lowest BCUT2D eigenvalue weighted by Crippen LogP contribution is -2.10. The first-order valence-corrected chi connectivity index (χ1v) is 6.06. The third kappa shape index (κ3) is 3.26. The van der Waals surface area contributed by atoms with Crippen LogP contribution in [0.3, 0.4) is 0 Å². The SMILES string of the molecule is CCCC(Br)C(C)c1ccc(F)cc1F. The second-order valence-electron chi connectivity index (χ2n) is 3.76. The summed E-state index contributed by atoms with van der Waals surface area (Å²) in [7, 11) is 0. The highest BCUT2D eigenvalue weighted by Gasteiger charge is 2.18. The van der Waals surface area contributed by atoms with Crippen LogP contribution in [0, 0.1) is 11.6 Å². The Morgan fingerprint density at radius 3 is 2.53 bits per heavy atom. The Hall–Kier alpha value is -0.440. The highest BCUT2D eigenvalue weighted by atomic mass is 79.9. The van der Waals surface area contributed by atoms with E-state index in [1.807, 2.05) is 6.92 Å². The minimum Gasteiger partial charge on any atom is -0.207 e. The summed E-state index contributed by atoms with van der Waals surface area (Å²) in [5.74, 6) is -0.918. The lowest BCUT2D eigenvalue weighted by molar-refractivity contribution is 0.549. The topological polar surface area (TPSA) is 0 Å². The molecule has 0 aromatic heterocycles. The van der Waals surface area contributed by atoms with E-state index in [2.05, 4.69) is 22.9 Å². The molecule has 0 aliphatic heterocycles. The molecule has 0 amide bonds. The van der Waals surface area contributed by atoms with E-state index in [0.29, 0.717) is 5.56 Å². The molecule has 0 N–H and O–H groups in total. The Morgan fingerprint density at radius 1 is 1.33 bits per heavy atom. The molecule has 0 saturated carbocycles. The van der Waals surface area contributed by atoms with Gasteiger partial charge in [0.2, 0.25) is 0 Å². The molecule has 0 aliphatic rings. The molecule has 15 heavy (non-hydrogen) atoms. The zero-order valence-corrected chi connectivity index (χ0v) is 10.5. The molecule has 1 aromatic carbocycles.